The van der Waals surface area contributed by atoms with Gasteiger partial charge in [-0.3, -0.25) is 4.79 Å². The Hall–Kier alpha value is -2.61. The van der Waals surface area contributed by atoms with Gasteiger partial charge in [0, 0.05) is 11.0 Å². The number of imide groups is 1. The highest BCUT2D eigenvalue weighted by Gasteiger charge is 2.45. The summed E-state index contributed by atoms with van der Waals surface area (Å²) in [6.07, 6.45) is 10.5. The number of nitrogens with zero attached hydrogens (tertiary/aromatic N) is 4. The third-order valence-corrected chi connectivity index (χ3v) is 12.3. The number of cyclic esters (lactones) is 1. The van der Waals surface area contributed by atoms with Crippen molar-refractivity contribution in [2.45, 2.75) is 122 Å². The molecule has 2 amide bonds. The van der Waals surface area contributed by atoms with Gasteiger partial charge in [-0.25, -0.2) is 9.69 Å². The van der Waals surface area contributed by atoms with Crippen molar-refractivity contribution < 1.29 is 18.8 Å². The molecule has 1 unspecified atom stereocenters. The second-order valence-corrected chi connectivity index (χ2v) is 16.7. The molecule has 39 heavy (non-hydrogen) atoms. The molecule has 0 saturated carbocycles. The fraction of sp³-hybridized carbons (Fsp3) is 0.667. The van der Waals surface area contributed by atoms with Crippen LogP contribution in [0, 0.1) is 0 Å². The van der Waals surface area contributed by atoms with E-state index in [4.69, 9.17) is 14.7 Å². The highest BCUT2D eigenvalue weighted by Crippen LogP contribution is 2.38. The van der Waals surface area contributed by atoms with E-state index in [-0.39, 0.29) is 29.6 Å². The smallest absolute Gasteiger partial charge is 0.417 e. The lowest BCUT2D eigenvalue weighted by molar-refractivity contribution is -0.137. The summed E-state index contributed by atoms with van der Waals surface area (Å²) in [6.45, 7) is 13.0. The number of rotatable bonds is 16. The summed E-state index contributed by atoms with van der Waals surface area (Å²) in [5.74, 6) is -0.320. The lowest BCUT2D eigenvalue weighted by atomic mass is 10.0. The maximum Gasteiger partial charge on any atom is 0.417 e. The van der Waals surface area contributed by atoms with Gasteiger partial charge in [-0.05, 0) is 61.3 Å². The number of amides is 2. The number of ether oxygens (including phenoxy) is 1. The van der Waals surface area contributed by atoms with E-state index in [0.717, 1.165) is 24.8 Å². The zero-order valence-corrected chi connectivity index (χ0v) is 25.8. The van der Waals surface area contributed by atoms with Crippen molar-refractivity contribution in [3.63, 3.8) is 0 Å². The number of carbonyl (C=O) groups is 2. The summed E-state index contributed by atoms with van der Waals surface area (Å²) in [5.41, 5.74) is 9.98. The van der Waals surface area contributed by atoms with Crippen LogP contribution in [0.4, 0.5) is 4.79 Å². The van der Waals surface area contributed by atoms with E-state index in [1.54, 1.807) is 0 Å². The third-order valence-electron chi connectivity index (χ3n) is 7.81. The van der Waals surface area contributed by atoms with E-state index < -0.39 is 20.5 Å². The molecule has 0 aliphatic carbocycles. The maximum absolute atomic E-state index is 13.8. The molecule has 0 spiro atoms. The van der Waals surface area contributed by atoms with Gasteiger partial charge in [0.2, 0.25) is 0 Å². The van der Waals surface area contributed by atoms with Crippen molar-refractivity contribution in [1.29, 1.82) is 0 Å². The second kappa shape index (κ2) is 15.8. The summed E-state index contributed by atoms with van der Waals surface area (Å²) in [6, 6.07) is 9.42. The minimum Gasteiger partial charge on any atom is -0.447 e. The zero-order chi connectivity index (χ0) is 28.9. The van der Waals surface area contributed by atoms with Gasteiger partial charge in [-0.1, -0.05) is 101 Å². The Morgan fingerprint density at radius 1 is 1.21 bits per heavy atom. The first-order chi connectivity index (χ1) is 18.5. The fourth-order valence-electron chi connectivity index (χ4n) is 4.41. The van der Waals surface area contributed by atoms with Crippen LogP contribution in [-0.2, 0) is 20.4 Å². The molecule has 0 bridgehead atoms. The highest BCUT2D eigenvalue weighted by molar-refractivity contribution is 6.74. The van der Waals surface area contributed by atoms with E-state index >= 15 is 0 Å². The normalized spacial score (nSPS) is 17.6. The van der Waals surface area contributed by atoms with Crippen LogP contribution in [0.5, 0.6) is 0 Å². The van der Waals surface area contributed by atoms with Gasteiger partial charge >= 0.3 is 6.09 Å². The van der Waals surface area contributed by atoms with Crippen LogP contribution in [0.2, 0.25) is 18.1 Å². The molecule has 216 valence electrons. The summed E-state index contributed by atoms with van der Waals surface area (Å²) < 4.78 is 11.9. The number of hydrogen-bond donors (Lipinski definition) is 0. The molecule has 1 saturated heterocycles. The van der Waals surface area contributed by atoms with Crippen LogP contribution in [-0.4, -0.2) is 50.0 Å². The van der Waals surface area contributed by atoms with E-state index in [0.29, 0.717) is 25.7 Å². The summed E-state index contributed by atoms with van der Waals surface area (Å²) in [5, 5.41) is 3.87. The van der Waals surface area contributed by atoms with Gasteiger partial charge in [0.1, 0.15) is 12.7 Å². The van der Waals surface area contributed by atoms with Gasteiger partial charge < -0.3 is 9.16 Å². The van der Waals surface area contributed by atoms with Gasteiger partial charge in [0.25, 0.3) is 5.91 Å². The SMILES string of the molecule is CCCCCC[C@H](C/C=C/CC[C@@H](O[Si](C)(C)C(C)(C)C)C(=O)N1C(=O)OCC1Cc1ccccc1)N=[N+]=[N-]. The largest absolute Gasteiger partial charge is 0.447 e. The molecule has 1 fully saturated rings. The predicted molar refractivity (Wildman–Crippen MR) is 159 cm³/mol. The molecule has 1 aliphatic rings. The van der Waals surface area contributed by atoms with Crippen molar-refractivity contribution in [3.05, 3.63) is 58.5 Å². The quantitative estimate of drug-likeness (QED) is 0.0509. The highest BCUT2D eigenvalue weighted by atomic mass is 28.4. The molecule has 0 radical (unpaired) electrons. The van der Waals surface area contributed by atoms with Crippen LogP contribution < -0.4 is 0 Å². The Morgan fingerprint density at radius 3 is 2.56 bits per heavy atom. The molecular formula is C30H48N4O4Si. The second-order valence-electron chi connectivity index (χ2n) is 12.0. The standard InChI is InChI=1S/C30H48N4O4Si/c1-7-8-9-14-19-25(32-33-31)20-15-11-16-21-27(38-39(5,6)30(2,3)4)28(35)34-26(23-37-29(34)36)22-24-17-12-10-13-18-24/h10-13,15,17-18,25-27H,7-9,14,16,19-23H2,1-6H3/b15-11+/t25-,26?,27-/m1/s1. The van der Waals surface area contributed by atoms with Gasteiger partial charge in [-0.2, -0.15) is 0 Å². The maximum atomic E-state index is 13.8. The lowest BCUT2D eigenvalue weighted by Gasteiger charge is -2.39. The van der Waals surface area contributed by atoms with E-state index in [1.165, 1.54) is 17.7 Å². The number of unbranched alkanes of at least 4 members (excludes halogenated alkanes) is 3. The Bertz CT molecular complexity index is 986. The molecule has 2 rings (SSSR count). The summed E-state index contributed by atoms with van der Waals surface area (Å²) in [4.78, 5) is 30.8. The van der Waals surface area contributed by atoms with E-state index in [2.05, 4.69) is 50.8 Å². The van der Waals surface area contributed by atoms with E-state index in [1.807, 2.05) is 42.5 Å². The minimum atomic E-state index is -2.30. The van der Waals surface area contributed by atoms with Crippen molar-refractivity contribution in [3.8, 4) is 0 Å². The number of azide groups is 1. The molecule has 1 aliphatic heterocycles. The predicted octanol–water partition coefficient (Wildman–Crippen LogP) is 8.34. The molecule has 1 heterocycles. The molecule has 8 nitrogen and oxygen atoms in total. The average molecular weight is 557 g/mol. The summed E-state index contributed by atoms with van der Waals surface area (Å²) >= 11 is 0. The first kappa shape index (κ1) is 32.6. The van der Waals surface area contributed by atoms with Crippen molar-refractivity contribution in [2.75, 3.05) is 6.61 Å². The van der Waals surface area contributed by atoms with Crippen LogP contribution in [0.3, 0.4) is 0 Å². The average Bonchev–Trinajstić information content (AvgIpc) is 3.24. The number of allylic oxidation sites excluding steroid dienone is 1. The van der Waals surface area contributed by atoms with Crippen molar-refractivity contribution in [1.82, 2.24) is 4.90 Å². The Morgan fingerprint density at radius 2 is 1.92 bits per heavy atom. The Kier molecular flexibility index (Phi) is 13.2. The summed E-state index contributed by atoms with van der Waals surface area (Å²) in [7, 11) is -2.30. The molecule has 1 aromatic rings. The monoisotopic (exact) mass is 556 g/mol. The number of hydrogen-bond acceptors (Lipinski definition) is 5. The van der Waals surface area contributed by atoms with Gasteiger partial charge in [0.05, 0.1) is 6.04 Å². The first-order valence-corrected chi connectivity index (χ1v) is 17.3. The minimum absolute atomic E-state index is 0.0536. The first-order valence-electron chi connectivity index (χ1n) is 14.4. The van der Waals surface area contributed by atoms with E-state index in [9.17, 15) is 9.59 Å². The van der Waals surface area contributed by atoms with Crippen LogP contribution in [0.25, 0.3) is 10.4 Å². The number of carbonyl (C=O) groups excluding carboxylic acids is 2. The molecule has 3 atom stereocenters. The lowest BCUT2D eigenvalue weighted by Crippen LogP contribution is -2.52. The zero-order valence-electron chi connectivity index (χ0n) is 24.8. The van der Waals surface area contributed by atoms with Gasteiger partial charge in [-0.15, -0.1) is 0 Å². The Labute approximate surface area is 235 Å². The van der Waals surface area contributed by atoms with Gasteiger partial charge in [0.15, 0.2) is 8.32 Å². The Balaban J connectivity index is 2.11. The van der Waals surface area contributed by atoms with Crippen LogP contribution in [0.15, 0.2) is 47.6 Å². The molecule has 0 N–H and O–H groups in total. The third kappa shape index (κ3) is 10.5. The molecular weight excluding hydrogens is 508 g/mol. The van der Waals surface area contributed by atoms with Crippen molar-refractivity contribution >= 4 is 20.3 Å². The number of benzene rings is 1. The molecule has 1 aromatic carbocycles. The molecule has 0 aromatic heterocycles. The van der Waals surface area contributed by atoms with Crippen LogP contribution in [0.1, 0.15) is 84.6 Å². The topological polar surface area (TPSA) is 105 Å². The fourth-order valence-corrected chi connectivity index (χ4v) is 5.69. The van der Waals surface area contributed by atoms with Crippen molar-refractivity contribution in [2.24, 2.45) is 5.11 Å². The van der Waals surface area contributed by atoms with Crippen LogP contribution >= 0.6 is 0 Å². The molecule has 9 heteroatoms.